The number of allylic oxidation sites excluding steroid dienone is 1. The second-order valence-electron chi connectivity index (χ2n) is 3.42. The summed E-state index contributed by atoms with van der Waals surface area (Å²) in [6, 6.07) is 0. The van der Waals surface area contributed by atoms with Crippen molar-refractivity contribution >= 4 is 11.9 Å². The smallest absolute Gasteiger partial charge is 0.332 e. The van der Waals surface area contributed by atoms with E-state index in [9.17, 15) is 9.59 Å². The summed E-state index contributed by atoms with van der Waals surface area (Å²) in [4.78, 5) is 21.9. The Balaban J connectivity index is 4.62. The van der Waals surface area contributed by atoms with Gasteiger partial charge in [0.05, 0.1) is 13.5 Å². The van der Waals surface area contributed by atoms with Crippen LogP contribution in [-0.4, -0.2) is 24.2 Å². The molecule has 0 amide bonds. The summed E-state index contributed by atoms with van der Waals surface area (Å²) in [6.07, 6.45) is 2.50. The van der Waals surface area contributed by atoms with Gasteiger partial charge in [0.2, 0.25) is 0 Å². The molecule has 86 valence electrons. The molecular formula is C11H18O4. The maximum atomic E-state index is 11.0. The van der Waals surface area contributed by atoms with E-state index < -0.39 is 11.9 Å². The van der Waals surface area contributed by atoms with Crippen molar-refractivity contribution in [3.63, 3.8) is 0 Å². The van der Waals surface area contributed by atoms with Gasteiger partial charge in [0.1, 0.15) is 0 Å². The molecule has 4 heteroatoms. The zero-order valence-corrected chi connectivity index (χ0v) is 9.50. The summed E-state index contributed by atoms with van der Waals surface area (Å²) < 4.78 is 4.45. The van der Waals surface area contributed by atoms with E-state index in [0.29, 0.717) is 0 Å². The van der Waals surface area contributed by atoms with Crippen LogP contribution in [0.4, 0.5) is 0 Å². The summed E-state index contributed by atoms with van der Waals surface area (Å²) in [5.74, 6) is -1.54. The lowest BCUT2D eigenvalue weighted by Crippen LogP contribution is -2.10. The molecule has 0 saturated heterocycles. The van der Waals surface area contributed by atoms with Gasteiger partial charge in [-0.1, -0.05) is 18.9 Å². The summed E-state index contributed by atoms with van der Waals surface area (Å²) in [5.41, 5.74) is 0.921. The van der Waals surface area contributed by atoms with E-state index in [-0.39, 0.29) is 12.0 Å². The van der Waals surface area contributed by atoms with Gasteiger partial charge >= 0.3 is 11.9 Å². The molecule has 0 saturated carbocycles. The van der Waals surface area contributed by atoms with Crippen molar-refractivity contribution in [1.82, 2.24) is 0 Å². The first-order chi connectivity index (χ1) is 7.02. The number of rotatable bonds is 6. The molecule has 0 rings (SSSR count). The molecule has 0 radical (unpaired) electrons. The van der Waals surface area contributed by atoms with Gasteiger partial charge in [-0.2, -0.15) is 0 Å². The first kappa shape index (κ1) is 13.7. The number of carbonyl (C=O) groups is 2. The molecule has 0 unspecified atom stereocenters. The minimum absolute atomic E-state index is 0.151. The van der Waals surface area contributed by atoms with Crippen LogP contribution in [0, 0.1) is 0 Å². The molecule has 4 nitrogen and oxygen atoms in total. The Bertz CT molecular complexity index is 266. The summed E-state index contributed by atoms with van der Waals surface area (Å²) >= 11 is 0. The molecule has 0 bridgehead atoms. The number of ether oxygens (including phenoxy) is 1. The standard InChI is InChI=1S/C11H18O4/c1-4-5-6-8(2)9(11(13)14)7-10(12)15-3/h4-7H2,1-3H3,(H,13,14)/b9-8-. The highest BCUT2D eigenvalue weighted by molar-refractivity contribution is 5.93. The van der Waals surface area contributed by atoms with E-state index >= 15 is 0 Å². The molecule has 0 aliphatic rings. The van der Waals surface area contributed by atoms with Crippen LogP contribution in [0.5, 0.6) is 0 Å². The first-order valence-corrected chi connectivity index (χ1v) is 5.01. The highest BCUT2D eigenvalue weighted by Crippen LogP contribution is 2.15. The molecular weight excluding hydrogens is 196 g/mol. The Morgan fingerprint density at radius 2 is 1.93 bits per heavy atom. The molecule has 15 heavy (non-hydrogen) atoms. The fourth-order valence-corrected chi connectivity index (χ4v) is 1.22. The molecule has 0 fully saturated rings. The maximum absolute atomic E-state index is 11.0. The average Bonchev–Trinajstić information content (AvgIpc) is 2.21. The van der Waals surface area contributed by atoms with E-state index in [4.69, 9.17) is 5.11 Å². The quantitative estimate of drug-likeness (QED) is 0.543. The number of unbranched alkanes of at least 4 members (excludes halogenated alkanes) is 1. The van der Waals surface area contributed by atoms with Crippen molar-refractivity contribution in [1.29, 1.82) is 0 Å². The molecule has 0 aromatic carbocycles. The highest BCUT2D eigenvalue weighted by Gasteiger charge is 2.15. The van der Waals surface area contributed by atoms with Gasteiger partial charge in [-0.15, -0.1) is 0 Å². The fraction of sp³-hybridized carbons (Fsp3) is 0.636. The number of methoxy groups -OCH3 is 1. The SMILES string of the molecule is CCCC/C(C)=C(/CC(=O)OC)C(=O)O. The third-order valence-corrected chi connectivity index (χ3v) is 2.23. The Morgan fingerprint density at radius 3 is 2.33 bits per heavy atom. The van der Waals surface area contributed by atoms with Gasteiger partial charge in [0, 0.05) is 5.57 Å². The van der Waals surface area contributed by atoms with E-state index in [0.717, 1.165) is 24.8 Å². The number of esters is 1. The predicted molar refractivity (Wildman–Crippen MR) is 56.5 cm³/mol. The van der Waals surface area contributed by atoms with Crippen molar-refractivity contribution in [3.8, 4) is 0 Å². The molecule has 1 N–H and O–H groups in total. The lowest BCUT2D eigenvalue weighted by Gasteiger charge is -2.06. The van der Waals surface area contributed by atoms with Crippen LogP contribution in [0.2, 0.25) is 0 Å². The zero-order chi connectivity index (χ0) is 11.8. The molecule has 0 aromatic rings. The number of hydrogen-bond donors (Lipinski definition) is 1. The largest absolute Gasteiger partial charge is 0.478 e. The van der Waals surface area contributed by atoms with Gasteiger partial charge in [-0.05, 0) is 19.8 Å². The van der Waals surface area contributed by atoms with E-state index in [1.807, 2.05) is 6.92 Å². The normalized spacial score (nSPS) is 11.9. The van der Waals surface area contributed by atoms with Crippen LogP contribution in [0.1, 0.15) is 39.5 Å². The van der Waals surface area contributed by atoms with Crippen molar-refractivity contribution in [3.05, 3.63) is 11.1 Å². The van der Waals surface area contributed by atoms with E-state index in [1.165, 1.54) is 7.11 Å². The van der Waals surface area contributed by atoms with Crippen molar-refractivity contribution in [2.24, 2.45) is 0 Å². The number of hydrogen-bond acceptors (Lipinski definition) is 3. The van der Waals surface area contributed by atoms with Gasteiger partial charge < -0.3 is 9.84 Å². The minimum Gasteiger partial charge on any atom is -0.478 e. The lowest BCUT2D eigenvalue weighted by atomic mass is 10.0. The minimum atomic E-state index is -1.03. The van der Waals surface area contributed by atoms with Gasteiger partial charge in [0.25, 0.3) is 0 Å². The molecule has 0 aromatic heterocycles. The Kier molecular flexibility index (Phi) is 6.42. The van der Waals surface area contributed by atoms with E-state index in [2.05, 4.69) is 4.74 Å². The second kappa shape index (κ2) is 7.04. The zero-order valence-electron chi connectivity index (χ0n) is 9.50. The second-order valence-corrected chi connectivity index (χ2v) is 3.42. The van der Waals surface area contributed by atoms with Gasteiger partial charge in [-0.25, -0.2) is 4.79 Å². The molecule has 0 atom stereocenters. The van der Waals surface area contributed by atoms with Crippen LogP contribution in [0.15, 0.2) is 11.1 Å². The monoisotopic (exact) mass is 214 g/mol. The van der Waals surface area contributed by atoms with Crippen LogP contribution < -0.4 is 0 Å². The van der Waals surface area contributed by atoms with Crippen LogP contribution in [0.3, 0.4) is 0 Å². The predicted octanol–water partition coefficient (Wildman–Crippen LogP) is 2.14. The van der Waals surface area contributed by atoms with Gasteiger partial charge in [0.15, 0.2) is 0 Å². The number of carbonyl (C=O) groups excluding carboxylic acids is 1. The Morgan fingerprint density at radius 1 is 1.33 bits per heavy atom. The first-order valence-electron chi connectivity index (χ1n) is 5.01. The van der Waals surface area contributed by atoms with Crippen LogP contribution in [0.25, 0.3) is 0 Å². The third-order valence-electron chi connectivity index (χ3n) is 2.23. The van der Waals surface area contributed by atoms with Crippen molar-refractivity contribution < 1.29 is 19.4 Å². The summed E-state index contributed by atoms with van der Waals surface area (Å²) in [5, 5.41) is 8.92. The highest BCUT2D eigenvalue weighted by atomic mass is 16.5. The molecule has 0 aliphatic carbocycles. The molecule has 0 spiro atoms. The average molecular weight is 214 g/mol. The fourth-order valence-electron chi connectivity index (χ4n) is 1.22. The van der Waals surface area contributed by atoms with Crippen LogP contribution >= 0.6 is 0 Å². The topological polar surface area (TPSA) is 63.6 Å². The van der Waals surface area contributed by atoms with E-state index in [1.54, 1.807) is 6.92 Å². The number of carboxylic acids is 1. The summed E-state index contributed by atoms with van der Waals surface area (Å²) in [7, 11) is 1.25. The summed E-state index contributed by atoms with van der Waals surface area (Å²) in [6.45, 7) is 3.79. The molecule has 0 aliphatic heterocycles. The van der Waals surface area contributed by atoms with Crippen molar-refractivity contribution in [2.75, 3.05) is 7.11 Å². The Hall–Kier alpha value is -1.32. The Labute approximate surface area is 89.9 Å². The third kappa shape index (κ3) is 5.20. The van der Waals surface area contributed by atoms with Gasteiger partial charge in [-0.3, -0.25) is 4.79 Å². The molecule has 0 heterocycles. The maximum Gasteiger partial charge on any atom is 0.332 e. The number of aliphatic carboxylic acids is 1. The number of carboxylic acid groups (broad SMARTS) is 1. The van der Waals surface area contributed by atoms with Crippen molar-refractivity contribution in [2.45, 2.75) is 39.5 Å². The van der Waals surface area contributed by atoms with Crippen LogP contribution in [-0.2, 0) is 14.3 Å². The lowest BCUT2D eigenvalue weighted by molar-refractivity contribution is -0.142.